The van der Waals surface area contributed by atoms with Crippen molar-refractivity contribution in [2.45, 2.75) is 32.4 Å². The number of hydrogen-bond donors (Lipinski definition) is 2. The molecule has 2 heterocycles. The van der Waals surface area contributed by atoms with Crippen molar-refractivity contribution in [2.24, 2.45) is 0 Å². The number of pyridine rings is 1. The fourth-order valence-corrected chi connectivity index (χ4v) is 4.20. The average molecular weight is 504 g/mol. The van der Waals surface area contributed by atoms with Crippen LogP contribution in [0.2, 0.25) is 0 Å². The first kappa shape index (κ1) is 26.0. The number of methoxy groups -OCH3 is 3. The highest BCUT2D eigenvalue weighted by Gasteiger charge is 2.15. The lowest BCUT2D eigenvalue weighted by Gasteiger charge is -2.15. The largest absolute Gasteiger partial charge is 0.497 e. The van der Waals surface area contributed by atoms with Gasteiger partial charge in [0.1, 0.15) is 11.5 Å². The second kappa shape index (κ2) is 12.2. The van der Waals surface area contributed by atoms with E-state index < -0.39 is 5.97 Å². The molecule has 0 aliphatic carbocycles. The van der Waals surface area contributed by atoms with E-state index in [0.29, 0.717) is 34.6 Å². The van der Waals surface area contributed by atoms with Crippen molar-refractivity contribution in [3.63, 3.8) is 0 Å². The van der Waals surface area contributed by atoms with E-state index in [2.05, 4.69) is 27.1 Å². The zero-order chi connectivity index (χ0) is 26.2. The second-order valence-electron chi connectivity index (χ2n) is 8.74. The van der Waals surface area contributed by atoms with Gasteiger partial charge in [0, 0.05) is 54.8 Å². The summed E-state index contributed by atoms with van der Waals surface area (Å²) in [6.07, 6.45) is 3.58. The van der Waals surface area contributed by atoms with E-state index >= 15 is 0 Å². The Balaban J connectivity index is 1.53. The summed E-state index contributed by atoms with van der Waals surface area (Å²) in [5, 5.41) is 6.99. The summed E-state index contributed by atoms with van der Waals surface area (Å²) >= 11 is 0. The minimum Gasteiger partial charge on any atom is -0.497 e. The Hall–Kier alpha value is -4.11. The smallest absolute Gasteiger partial charge is 0.337 e. The predicted octanol–water partition coefficient (Wildman–Crippen LogP) is 4.59. The van der Waals surface area contributed by atoms with Gasteiger partial charge in [0.25, 0.3) is 0 Å². The third-order valence-corrected chi connectivity index (χ3v) is 6.07. The Kier molecular flexibility index (Phi) is 8.58. The summed E-state index contributed by atoms with van der Waals surface area (Å²) in [4.78, 5) is 21.3. The van der Waals surface area contributed by atoms with E-state index in [0.717, 1.165) is 42.8 Å². The number of nitrogens with zero attached hydrogens (tertiary/aromatic N) is 3. The van der Waals surface area contributed by atoms with Gasteiger partial charge in [-0.15, -0.1) is 0 Å². The molecule has 0 aliphatic heterocycles. The highest BCUT2D eigenvalue weighted by Crippen LogP contribution is 2.30. The van der Waals surface area contributed by atoms with Gasteiger partial charge in [-0.3, -0.25) is 4.98 Å². The van der Waals surface area contributed by atoms with Crippen LogP contribution < -0.4 is 20.1 Å². The minimum atomic E-state index is -0.394. The molecule has 0 saturated carbocycles. The van der Waals surface area contributed by atoms with Crippen molar-refractivity contribution in [3.8, 4) is 11.5 Å². The van der Waals surface area contributed by atoms with Crippen LogP contribution in [0, 0.1) is 0 Å². The molecule has 0 saturated heterocycles. The van der Waals surface area contributed by atoms with Crippen LogP contribution in [0.1, 0.15) is 29.4 Å². The Morgan fingerprint density at radius 3 is 2.49 bits per heavy atom. The standard InChI is InChI=1S/C28H33N5O4/c1-19(14-21-8-5-6-11-30-21)29-12-7-13-33-26-10-9-20(27(34)37-4)15-25(26)32-28(33)31-22-16-23(35-2)18-24(17-22)36-3/h5-6,8-11,15-19,29H,7,12-14H2,1-4H3,(H,31,32). The Morgan fingerprint density at radius 2 is 1.81 bits per heavy atom. The Labute approximate surface area is 216 Å². The maximum atomic E-state index is 12.1. The lowest BCUT2D eigenvalue weighted by molar-refractivity contribution is 0.0601. The van der Waals surface area contributed by atoms with E-state index in [1.165, 1.54) is 7.11 Å². The molecule has 0 fully saturated rings. The number of rotatable bonds is 12. The van der Waals surface area contributed by atoms with E-state index in [4.69, 9.17) is 19.2 Å². The van der Waals surface area contributed by atoms with E-state index in [9.17, 15) is 4.79 Å². The number of benzene rings is 2. The molecule has 9 heteroatoms. The van der Waals surface area contributed by atoms with Gasteiger partial charge in [-0.1, -0.05) is 6.07 Å². The molecule has 9 nitrogen and oxygen atoms in total. The molecule has 1 unspecified atom stereocenters. The molecule has 0 radical (unpaired) electrons. The molecular formula is C28H33N5O4. The fourth-order valence-electron chi connectivity index (χ4n) is 4.20. The number of anilines is 2. The maximum absolute atomic E-state index is 12.1. The normalized spacial score (nSPS) is 11.8. The monoisotopic (exact) mass is 503 g/mol. The molecule has 4 aromatic rings. The zero-order valence-electron chi connectivity index (χ0n) is 21.7. The van der Waals surface area contributed by atoms with Crippen molar-refractivity contribution in [1.82, 2.24) is 19.9 Å². The summed E-state index contributed by atoms with van der Waals surface area (Å²) in [7, 11) is 4.60. The van der Waals surface area contributed by atoms with Gasteiger partial charge >= 0.3 is 5.97 Å². The van der Waals surface area contributed by atoms with Crippen molar-refractivity contribution in [2.75, 3.05) is 33.2 Å². The Bertz CT molecular complexity index is 1320. The zero-order valence-corrected chi connectivity index (χ0v) is 21.7. The SMILES string of the molecule is COC(=O)c1ccc2c(c1)nc(Nc1cc(OC)cc(OC)c1)n2CCCNC(C)Cc1ccccn1. The molecule has 0 bridgehead atoms. The Morgan fingerprint density at radius 1 is 1.03 bits per heavy atom. The summed E-state index contributed by atoms with van der Waals surface area (Å²) in [6.45, 7) is 3.72. The van der Waals surface area contributed by atoms with Gasteiger partial charge in [0.15, 0.2) is 0 Å². The van der Waals surface area contributed by atoms with Crippen LogP contribution in [0.3, 0.4) is 0 Å². The first-order chi connectivity index (χ1) is 18.0. The van der Waals surface area contributed by atoms with Crippen LogP contribution in [-0.4, -0.2) is 54.4 Å². The number of aromatic nitrogens is 3. The molecule has 194 valence electrons. The van der Waals surface area contributed by atoms with Gasteiger partial charge in [0.05, 0.1) is 37.9 Å². The molecule has 0 aliphatic rings. The second-order valence-corrected chi connectivity index (χ2v) is 8.74. The van der Waals surface area contributed by atoms with Crippen LogP contribution in [0.4, 0.5) is 11.6 Å². The first-order valence-corrected chi connectivity index (χ1v) is 12.2. The van der Waals surface area contributed by atoms with Crippen LogP contribution >= 0.6 is 0 Å². The van der Waals surface area contributed by atoms with Crippen molar-refractivity contribution in [3.05, 3.63) is 72.1 Å². The molecule has 2 N–H and O–H groups in total. The number of aryl methyl sites for hydroxylation is 1. The topological polar surface area (TPSA) is 99.5 Å². The molecule has 2 aromatic heterocycles. The van der Waals surface area contributed by atoms with E-state index in [1.54, 1.807) is 26.4 Å². The highest BCUT2D eigenvalue weighted by atomic mass is 16.5. The number of imidazole rings is 1. The fraction of sp³-hybridized carbons (Fsp3) is 0.321. The highest BCUT2D eigenvalue weighted by molar-refractivity contribution is 5.94. The summed E-state index contributed by atoms with van der Waals surface area (Å²) in [5.41, 5.74) is 3.94. The number of esters is 1. The van der Waals surface area contributed by atoms with Crippen LogP contribution in [0.25, 0.3) is 11.0 Å². The number of carbonyl (C=O) groups is 1. The minimum absolute atomic E-state index is 0.305. The van der Waals surface area contributed by atoms with Crippen molar-refractivity contribution < 1.29 is 19.0 Å². The molecular weight excluding hydrogens is 470 g/mol. The van der Waals surface area contributed by atoms with Crippen LogP contribution in [0.15, 0.2) is 60.8 Å². The average Bonchev–Trinajstić information content (AvgIpc) is 3.26. The van der Waals surface area contributed by atoms with Gasteiger partial charge in [0.2, 0.25) is 5.95 Å². The van der Waals surface area contributed by atoms with E-state index in [-0.39, 0.29) is 0 Å². The summed E-state index contributed by atoms with van der Waals surface area (Å²) in [5.74, 6) is 1.61. The lowest BCUT2D eigenvalue weighted by Crippen LogP contribution is -2.29. The third kappa shape index (κ3) is 6.56. The van der Waals surface area contributed by atoms with Gasteiger partial charge in [-0.2, -0.15) is 0 Å². The molecule has 1 atom stereocenters. The summed E-state index contributed by atoms with van der Waals surface area (Å²) < 4.78 is 17.8. The quantitative estimate of drug-likeness (QED) is 0.214. The number of carbonyl (C=O) groups excluding carboxylic acids is 1. The molecule has 0 amide bonds. The van der Waals surface area contributed by atoms with Crippen molar-refractivity contribution in [1.29, 1.82) is 0 Å². The molecule has 37 heavy (non-hydrogen) atoms. The number of hydrogen-bond acceptors (Lipinski definition) is 8. The molecule has 0 spiro atoms. The van der Waals surface area contributed by atoms with Gasteiger partial charge in [-0.05, 0) is 50.2 Å². The number of nitrogens with one attached hydrogen (secondary N) is 2. The first-order valence-electron chi connectivity index (χ1n) is 12.2. The summed E-state index contributed by atoms with van der Waals surface area (Å²) in [6, 6.07) is 17.3. The molecule has 2 aromatic carbocycles. The number of ether oxygens (including phenoxy) is 3. The van der Waals surface area contributed by atoms with Gasteiger partial charge < -0.3 is 29.4 Å². The van der Waals surface area contributed by atoms with E-state index in [1.807, 2.05) is 48.7 Å². The lowest BCUT2D eigenvalue weighted by atomic mass is 10.1. The van der Waals surface area contributed by atoms with Crippen LogP contribution in [0.5, 0.6) is 11.5 Å². The third-order valence-electron chi connectivity index (χ3n) is 6.07. The van der Waals surface area contributed by atoms with Crippen LogP contribution in [-0.2, 0) is 17.7 Å². The number of fused-ring (bicyclic) bond motifs is 1. The maximum Gasteiger partial charge on any atom is 0.337 e. The predicted molar refractivity (Wildman–Crippen MR) is 144 cm³/mol. The van der Waals surface area contributed by atoms with Crippen molar-refractivity contribution >= 4 is 28.6 Å². The molecule has 4 rings (SSSR count). The van der Waals surface area contributed by atoms with Gasteiger partial charge in [-0.25, -0.2) is 9.78 Å².